The fraction of sp³-hybridized carbons (Fsp3) is 0.500. The highest BCUT2D eigenvalue weighted by atomic mass is 32.2. The summed E-state index contributed by atoms with van der Waals surface area (Å²) in [4.78, 5) is 11.3. The van der Waals surface area contributed by atoms with Crippen molar-refractivity contribution in [3.05, 3.63) is 24.3 Å². The lowest BCUT2D eigenvalue weighted by Gasteiger charge is -2.19. The van der Waals surface area contributed by atoms with Crippen LogP contribution in [0.5, 0.6) is 0 Å². The molecule has 1 aromatic rings. The van der Waals surface area contributed by atoms with Gasteiger partial charge in [-0.05, 0) is 31.0 Å². The smallest absolute Gasteiger partial charge is 0.380 e. The summed E-state index contributed by atoms with van der Waals surface area (Å²) in [7, 11) is -3.99. The van der Waals surface area contributed by atoms with Gasteiger partial charge in [-0.1, -0.05) is 6.07 Å². The second-order valence-corrected chi connectivity index (χ2v) is 7.44. The van der Waals surface area contributed by atoms with Crippen molar-refractivity contribution in [2.75, 3.05) is 12.4 Å². The van der Waals surface area contributed by atoms with Crippen LogP contribution in [0.2, 0.25) is 0 Å². The predicted molar refractivity (Wildman–Crippen MR) is 79.8 cm³/mol. The average molecular weight is 366 g/mol. The first-order chi connectivity index (χ1) is 11.1. The second kappa shape index (κ2) is 6.69. The number of hydrogen-bond acceptors (Lipinski definition) is 5. The summed E-state index contributed by atoms with van der Waals surface area (Å²) < 4.78 is 65.7. The van der Waals surface area contributed by atoms with Crippen molar-refractivity contribution in [3.8, 4) is 0 Å². The fourth-order valence-corrected chi connectivity index (χ4v) is 3.49. The van der Waals surface area contributed by atoms with Crippen LogP contribution in [0, 0.1) is 5.92 Å². The molecule has 3 N–H and O–H groups in total. The fourth-order valence-electron chi connectivity index (χ4n) is 2.68. The Balaban J connectivity index is 2.18. The van der Waals surface area contributed by atoms with Gasteiger partial charge in [-0.2, -0.15) is 13.2 Å². The highest BCUT2D eigenvalue weighted by Crippen LogP contribution is 2.32. The van der Waals surface area contributed by atoms with E-state index in [0.29, 0.717) is 12.8 Å². The molecule has 1 aromatic carbocycles. The number of amides is 1. The van der Waals surface area contributed by atoms with E-state index in [1.807, 2.05) is 0 Å². The molecule has 1 amide bonds. The Morgan fingerprint density at radius 1 is 1.33 bits per heavy atom. The number of methoxy groups -OCH3 is 1. The number of benzene rings is 1. The molecule has 1 fully saturated rings. The average Bonchev–Trinajstić information content (AvgIpc) is 2.87. The molecule has 2 rings (SSSR count). The van der Waals surface area contributed by atoms with Crippen molar-refractivity contribution in [2.24, 2.45) is 11.7 Å². The predicted octanol–water partition coefficient (Wildman–Crippen LogP) is 1.67. The first-order valence-corrected chi connectivity index (χ1v) is 8.57. The van der Waals surface area contributed by atoms with Gasteiger partial charge >= 0.3 is 5.51 Å². The van der Waals surface area contributed by atoms with Crippen LogP contribution in [0.1, 0.15) is 12.8 Å². The number of rotatable bonds is 4. The van der Waals surface area contributed by atoms with E-state index in [1.165, 1.54) is 13.2 Å². The minimum Gasteiger partial charge on any atom is -0.380 e. The van der Waals surface area contributed by atoms with Crippen molar-refractivity contribution in [1.29, 1.82) is 0 Å². The maximum atomic E-state index is 12.6. The molecule has 1 aliphatic rings. The highest BCUT2D eigenvalue weighted by Gasteiger charge is 2.47. The summed E-state index contributed by atoms with van der Waals surface area (Å²) in [5, 5.41) is 2.42. The van der Waals surface area contributed by atoms with E-state index in [9.17, 15) is 26.4 Å². The molecule has 0 radical (unpaired) electrons. The zero-order valence-electron chi connectivity index (χ0n) is 12.7. The van der Waals surface area contributed by atoms with E-state index in [-0.39, 0.29) is 11.8 Å². The number of nitrogens with two attached hydrogens (primary N) is 1. The largest absolute Gasteiger partial charge is 0.501 e. The van der Waals surface area contributed by atoms with Crippen LogP contribution in [0.15, 0.2) is 29.2 Å². The van der Waals surface area contributed by atoms with Gasteiger partial charge in [0.1, 0.15) is 0 Å². The Morgan fingerprint density at radius 3 is 2.54 bits per heavy atom. The Labute approximate surface area is 137 Å². The van der Waals surface area contributed by atoms with Crippen LogP contribution >= 0.6 is 0 Å². The molecule has 0 spiro atoms. The molecule has 134 valence electrons. The molecule has 6 nitrogen and oxygen atoms in total. The molecule has 3 unspecified atom stereocenters. The molecule has 0 bridgehead atoms. The number of halogens is 3. The summed E-state index contributed by atoms with van der Waals surface area (Å²) in [5.74, 6) is -1.04. The van der Waals surface area contributed by atoms with Crippen LogP contribution in [0.4, 0.5) is 18.9 Å². The van der Waals surface area contributed by atoms with Crippen molar-refractivity contribution in [2.45, 2.75) is 35.4 Å². The van der Waals surface area contributed by atoms with Crippen LogP contribution < -0.4 is 11.1 Å². The lowest BCUT2D eigenvalue weighted by molar-refractivity contribution is -0.120. The normalized spacial score (nSPS) is 24.8. The van der Waals surface area contributed by atoms with E-state index in [0.717, 1.165) is 18.2 Å². The maximum Gasteiger partial charge on any atom is 0.501 e. The summed E-state index contributed by atoms with van der Waals surface area (Å²) in [6, 6.07) is 3.50. The number of anilines is 1. The highest BCUT2D eigenvalue weighted by molar-refractivity contribution is 7.92. The van der Waals surface area contributed by atoms with Gasteiger partial charge in [-0.15, -0.1) is 0 Å². The summed E-state index contributed by atoms with van der Waals surface area (Å²) in [6.07, 6.45) is 0.808. The molecule has 10 heteroatoms. The zero-order valence-corrected chi connectivity index (χ0v) is 13.5. The Bertz CT molecular complexity index is 721. The van der Waals surface area contributed by atoms with Crippen molar-refractivity contribution in [3.63, 3.8) is 0 Å². The molecule has 3 atom stereocenters. The number of nitrogens with one attached hydrogen (secondary N) is 1. The molecule has 1 saturated carbocycles. The Morgan fingerprint density at radius 2 is 2.00 bits per heavy atom. The third-order valence-corrected chi connectivity index (χ3v) is 5.50. The lowest BCUT2D eigenvalue weighted by Crippen LogP contribution is -2.41. The number of ether oxygens (including phenoxy) is 1. The summed E-state index contributed by atoms with van der Waals surface area (Å²) in [5.41, 5.74) is 0.463. The molecular weight excluding hydrogens is 349 g/mol. The molecule has 0 heterocycles. The van der Waals surface area contributed by atoms with Crippen molar-refractivity contribution in [1.82, 2.24) is 0 Å². The van der Waals surface area contributed by atoms with Gasteiger partial charge in [0.2, 0.25) is 5.91 Å². The molecule has 1 aliphatic carbocycles. The third kappa shape index (κ3) is 3.55. The maximum absolute atomic E-state index is 12.6. The minimum absolute atomic E-state index is 0.0432. The summed E-state index contributed by atoms with van der Waals surface area (Å²) >= 11 is 0. The number of carbonyl (C=O) groups is 1. The lowest BCUT2D eigenvalue weighted by atomic mass is 10.0. The molecule has 24 heavy (non-hydrogen) atoms. The van der Waals surface area contributed by atoms with Crippen LogP contribution in [0.25, 0.3) is 0 Å². The standard InChI is InChI=1S/C14H17F3N2O4S/c1-23-11-6-5-10(12(11)18)13(20)19-8-3-2-4-9(7-8)24(21,22)14(15,16)17/h2-4,7,10-12H,5-6,18H2,1H3,(H,19,20). The zero-order chi connectivity index (χ0) is 18.1. The SMILES string of the molecule is COC1CCC(C(=O)Nc2cccc(S(=O)(=O)C(F)(F)F)c2)C1N. The monoisotopic (exact) mass is 366 g/mol. The van der Waals surface area contributed by atoms with Crippen molar-refractivity contribution >= 4 is 21.4 Å². The van der Waals surface area contributed by atoms with E-state index < -0.39 is 38.1 Å². The van der Waals surface area contributed by atoms with Gasteiger partial charge in [0.25, 0.3) is 9.84 Å². The van der Waals surface area contributed by atoms with Gasteiger partial charge < -0.3 is 15.8 Å². The van der Waals surface area contributed by atoms with E-state index >= 15 is 0 Å². The Kier molecular flexibility index (Phi) is 5.21. The van der Waals surface area contributed by atoms with Gasteiger partial charge in [0.05, 0.1) is 16.9 Å². The van der Waals surface area contributed by atoms with Gasteiger partial charge in [-0.3, -0.25) is 4.79 Å². The van der Waals surface area contributed by atoms with E-state index in [1.54, 1.807) is 0 Å². The van der Waals surface area contributed by atoms with Crippen LogP contribution in [-0.4, -0.2) is 39.1 Å². The molecule has 0 aliphatic heterocycles. The number of carbonyl (C=O) groups excluding carboxylic acids is 1. The Hall–Kier alpha value is -1.65. The van der Waals surface area contributed by atoms with E-state index in [2.05, 4.69) is 5.32 Å². The quantitative estimate of drug-likeness (QED) is 0.845. The molecular formula is C14H17F3N2O4S. The summed E-state index contributed by atoms with van der Waals surface area (Å²) in [6.45, 7) is 0. The molecule has 0 aromatic heterocycles. The van der Waals surface area contributed by atoms with Gasteiger partial charge in [0.15, 0.2) is 0 Å². The van der Waals surface area contributed by atoms with E-state index in [4.69, 9.17) is 10.5 Å². The van der Waals surface area contributed by atoms with Gasteiger partial charge in [0, 0.05) is 18.8 Å². The number of hydrogen-bond donors (Lipinski definition) is 2. The number of sulfone groups is 1. The van der Waals surface area contributed by atoms with Crippen LogP contribution in [-0.2, 0) is 19.4 Å². The third-order valence-electron chi connectivity index (χ3n) is 4.01. The van der Waals surface area contributed by atoms with Crippen molar-refractivity contribution < 1.29 is 31.1 Å². The minimum atomic E-state index is -5.47. The topological polar surface area (TPSA) is 98.5 Å². The van der Waals surface area contributed by atoms with Crippen LogP contribution in [0.3, 0.4) is 0 Å². The van der Waals surface area contributed by atoms with Gasteiger partial charge in [-0.25, -0.2) is 8.42 Å². The first kappa shape index (κ1) is 18.7. The first-order valence-electron chi connectivity index (χ1n) is 7.08. The molecule has 0 saturated heterocycles. The second-order valence-electron chi connectivity index (χ2n) is 5.50. The number of alkyl halides is 3.